The SMILES string of the molecule is O=C1C(c2cccc(Br)c2)n2cncc2CN1CCc1cccc(Cl)c1. The number of fused-ring (bicyclic) bond motifs is 1. The molecule has 2 heterocycles. The molecule has 0 aliphatic carbocycles. The topological polar surface area (TPSA) is 38.1 Å². The van der Waals surface area contributed by atoms with E-state index in [-0.39, 0.29) is 11.9 Å². The molecule has 0 N–H and O–H groups in total. The van der Waals surface area contributed by atoms with Gasteiger partial charge in [0.1, 0.15) is 6.04 Å². The van der Waals surface area contributed by atoms with Crippen LogP contribution in [0.3, 0.4) is 0 Å². The number of rotatable bonds is 4. The third-order valence-corrected chi connectivity index (χ3v) is 5.38. The van der Waals surface area contributed by atoms with Gasteiger partial charge >= 0.3 is 0 Å². The van der Waals surface area contributed by atoms with Crippen molar-refractivity contribution >= 4 is 33.4 Å². The van der Waals surface area contributed by atoms with Crippen molar-refractivity contribution in [3.05, 3.63) is 87.4 Å². The summed E-state index contributed by atoms with van der Waals surface area (Å²) in [5.74, 6) is 0.0932. The monoisotopic (exact) mass is 429 g/mol. The van der Waals surface area contributed by atoms with Crippen molar-refractivity contribution in [1.29, 1.82) is 0 Å². The van der Waals surface area contributed by atoms with Gasteiger partial charge in [0.2, 0.25) is 0 Å². The molecule has 0 bridgehead atoms. The Morgan fingerprint density at radius 3 is 2.85 bits per heavy atom. The van der Waals surface area contributed by atoms with Crippen LogP contribution in [-0.2, 0) is 17.8 Å². The summed E-state index contributed by atoms with van der Waals surface area (Å²) in [5.41, 5.74) is 3.13. The molecular formula is C20H17BrClN3O. The number of hydrogen-bond donors (Lipinski definition) is 0. The molecule has 26 heavy (non-hydrogen) atoms. The largest absolute Gasteiger partial charge is 0.334 e. The molecule has 3 aromatic rings. The first-order chi connectivity index (χ1) is 12.6. The number of nitrogens with zero attached hydrogens (tertiary/aromatic N) is 3. The molecule has 1 aromatic heterocycles. The van der Waals surface area contributed by atoms with Crippen LogP contribution >= 0.6 is 27.5 Å². The van der Waals surface area contributed by atoms with Gasteiger partial charge in [-0.1, -0.05) is 51.8 Å². The molecular weight excluding hydrogens is 414 g/mol. The van der Waals surface area contributed by atoms with E-state index in [1.807, 2.05) is 64.2 Å². The number of carbonyl (C=O) groups is 1. The van der Waals surface area contributed by atoms with Crippen LogP contribution in [0, 0.1) is 0 Å². The number of imidazole rings is 1. The Morgan fingerprint density at radius 2 is 2.04 bits per heavy atom. The lowest BCUT2D eigenvalue weighted by atomic mass is 10.0. The second-order valence-corrected chi connectivity index (χ2v) is 7.74. The van der Waals surface area contributed by atoms with Crippen LogP contribution in [0.5, 0.6) is 0 Å². The number of benzene rings is 2. The van der Waals surface area contributed by atoms with E-state index in [9.17, 15) is 4.79 Å². The highest BCUT2D eigenvalue weighted by molar-refractivity contribution is 9.10. The fourth-order valence-corrected chi connectivity index (χ4v) is 4.01. The summed E-state index contributed by atoms with van der Waals surface area (Å²) in [5, 5.41) is 0.720. The number of amides is 1. The van der Waals surface area contributed by atoms with Crippen molar-refractivity contribution < 1.29 is 4.79 Å². The fraction of sp³-hybridized carbons (Fsp3) is 0.200. The molecule has 6 heteroatoms. The maximum Gasteiger partial charge on any atom is 0.250 e. The second kappa shape index (κ2) is 7.25. The molecule has 0 radical (unpaired) electrons. The average molecular weight is 431 g/mol. The van der Waals surface area contributed by atoms with Crippen molar-refractivity contribution in [2.24, 2.45) is 0 Å². The zero-order chi connectivity index (χ0) is 18.1. The van der Waals surface area contributed by atoms with Crippen LogP contribution < -0.4 is 0 Å². The molecule has 0 saturated heterocycles. The minimum absolute atomic E-state index is 0.0932. The Bertz CT molecular complexity index is 955. The van der Waals surface area contributed by atoms with Gasteiger partial charge in [-0.3, -0.25) is 4.79 Å². The Labute approximate surface area is 165 Å². The highest BCUT2D eigenvalue weighted by Gasteiger charge is 2.33. The summed E-state index contributed by atoms with van der Waals surface area (Å²) in [6, 6.07) is 15.3. The minimum Gasteiger partial charge on any atom is -0.334 e. The van der Waals surface area contributed by atoms with Crippen LogP contribution in [0.1, 0.15) is 22.9 Å². The maximum absolute atomic E-state index is 13.2. The van der Waals surface area contributed by atoms with E-state index in [1.54, 1.807) is 6.33 Å². The van der Waals surface area contributed by atoms with E-state index in [4.69, 9.17) is 11.6 Å². The highest BCUT2D eigenvalue weighted by Crippen LogP contribution is 2.30. The Balaban J connectivity index is 1.61. The number of carbonyl (C=O) groups excluding carboxylic acids is 1. The van der Waals surface area contributed by atoms with Crippen molar-refractivity contribution in [1.82, 2.24) is 14.5 Å². The Hall–Kier alpha value is -2.11. The van der Waals surface area contributed by atoms with Gasteiger partial charge < -0.3 is 9.47 Å². The van der Waals surface area contributed by atoms with Gasteiger partial charge in [0, 0.05) is 22.2 Å². The summed E-state index contributed by atoms with van der Waals surface area (Å²) in [6.45, 7) is 1.22. The second-order valence-electron chi connectivity index (χ2n) is 6.39. The summed E-state index contributed by atoms with van der Waals surface area (Å²) < 4.78 is 2.93. The predicted octanol–water partition coefficient (Wildman–Crippen LogP) is 4.47. The van der Waals surface area contributed by atoms with Crippen LogP contribution in [-0.4, -0.2) is 26.9 Å². The van der Waals surface area contributed by atoms with E-state index in [2.05, 4.69) is 20.9 Å². The Kier molecular flexibility index (Phi) is 4.83. The highest BCUT2D eigenvalue weighted by atomic mass is 79.9. The molecule has 2 aromatic carbocycles. The first-order valence-electron chi connectivity index (χ1n) is 8.41. The lowest BCUT2D eigenvalue weighted by molar-refractivity contribution is -0.136. The average Bonchev–Trinajstić information content (AvgIpc) is 3.08. The van der Waals surface area contributed by atoms with E-state index >= 15 is 0 Å². The smallest absolute Gasteiger partial charge is 0.250 e. The molecule has 0 saturated carbocycles. The van der Waals surface area contributed by atoms with Crippen molar-refractivity contribution in [2.45, 2.75) is 19.0 Å². The van der Waals surface area contributed by atoms with Gasteiger partial charge in [0.15, 0.2) is 0 Å². The third kappa shape index (κ3) is 3.41. The molecule has 0 spiro atoms. The van der Waals surface area contributed by atoms with Gasteiger partial charge in [-0.15, -0.1) is 0 Å². The van der Waals surface area contributed by atoms with Gasteiger partial charge in [0.25, 0.3) is 5.91 Å². The van der Waals surface area contributed by atoms with Gasteiger partial charge in [-0.2, -0.15) is 0 Å². The first-order valence-corrected chi connectivity index (χ1v) is 9.58. The fourth-order valence-electron chi connectivity index (χ4n) is 3.38. The van der Waals surface area contributed by atoms with Gasteiger partial charge in [0.05, 0.1) is 18.6 Å². The zero-order valence-electron chi connectivity index (χ0n) is 14.0. The molecule has 1 aliphatic rings. The van der Waals surface area contributed by atoms with Crippen LogP contribution in [0.25, 0.3) is 0 Å². The molecule has 1 amide bonds. The zero-order valence-corrected chi connectivity index (χ0v) is 16.3. The van der Waals surface area contributed by atoms with Crippen LogP contribution in [0.2, 0.25) is 5.02 Å². The standard InChI is InChI=1S/C20H17BrClN3O/c21-16-5-2-4-15(10-16)19-20(26)24(12-18-11-23-13-25(18)19)8-7-14-3-1-6-17(22)9-14/h1-6,9-11,13,19H,7-8,12H2. The number of halogens is 2. The lowest BCUT2D eigenvalue weighted by Crippen LogP contribution is -2.43. The van der Waals surface area contributed by atoms with Crippen molar-refractivity contribution in [3.63, 3.8) is 0 Å². The third-order valence-electron chi connectivity index (χ3n) is 4.65. The molecule has 4 rings (SSSR count). The molecule has 1 aliphatic heterocycles. The summed E-state index contributed by atoms with van der Waals surface area (Å²) in [7, 11) is 0. The summed E-state index contributed by atoms with van der Waals surface area (Å²) >= 11 is 9.57. The van der Waals surface area contributed by atoms with Gasteiger partial charge in [-0.25, -0.2) is 4.98 Å². The van der Waals surface area contributed by atoms with Crippen molar-refractivity contribution in [3.8, 4) is 0 Å². The van der Waals surface area contributed by atoms with E-state index in [1.165, 1.54) is 0 Å². The normalized spacial score (nSPS) is 16.6. The number of aromatic nitrogens is 2. The lowest BCUT2D eigenvalue weighted by Gasteiger charge is -2.34. The Morgan fingerprint density at radius 1 is 1.19 bits per heavy atom. The molecule has 1 atom stereocenters. The summed E-state index contributed by atoms with van der Waals surface area (Å²) in [4.78, 5) is 19.4. The van der Waals surface area contributed by atoms with Crippen LogP contribution in [0.4, 0.5) is 0 Å². The summed E-state index contributed by atoms with van der Waals surface area (Å²) in [6.07, 6.45) is 4.35. The maximum atomic E-state index is 13.2. The quantitative estimate of drug-likeness (QED) is 0.612. The molecule has 4 nitrogen and oxygen atoms in total. The number of hydrogen-bond acceptors (Lipinski definition) is 2. The van der Waals surface area contributed by atoms with E-state index in [0.29, 0.717) is 13.1 Å². The first kappa shape index (κ1) is 17.3. The molecule has 1 unspecified atom stereocenters. The minimum atomic E-state index is -0.377. The van der Waals surface area contributed by atoms with Gasteiger partial charge in [-0.05, 0) is 41.8 Å². The van der Waals surface area contributed by atoms with E-state index in [0.717, 1.165) is 32.7 Å². The van der Waals surface area contributed by atoms with E-state index < -0.39 is 0 Å². The van der Waals surface area contributed by atoms with Crippen LogP contribution in [0.15, 0.2) is 65.5 Å². The molecule has 0 fully saturated rings. The molecule has 132 valence electrons. The predicted molar refractivity (Wildman–Crippen MR) is 105 cm³/mol. The van der Waals surface area contributed by atoms with Crippen molar-refractivity contribution in [2.75, 3.05) is 6.54 Å².